The van der Waals surface area contributed by atoms with Crippen molar-refractivity contribution in [3.05, 3.63) is 65.4 Å². The quantitative estimate of drug-likeness (QED) is 0.568. The summed E-state index contributed by atoms with van der Waals surface area (Å²) in [7, 11) is 0. The van der Waals surface area contributed by atoms with Gasteiger partial charge in [0.25, 0.3) is 0 Å². The Morgan fingerprint density at radius 2 is 1.68 bits per heavy atom. The molecule has 0 radical (unpaired) electrons. The zero-order valence-electron chi connectivity index (χ0n) is 13.8. The summed E-state index contributed by atoms with van der Waals surface area (Å²) in [4.78, 5) is 0. The lowest BCUT2D eigenvalue weighted by atomic mass is 9.69. The summed E-state index contributed by atoms with van der Waals surface area (Å²) < 4.78 is 2.40. The van der Waals surface area contributed by atoms with Crippen LogP contribution in [0, 0.1) is 6.92 Å². The molecule has 110 valence electrons. The Morgan fingerprint density at radius 1 is 0.955 bits per heavy atom. The van der Waals surface area contributed by atoms with E-state index in [0.29, 0.717) is 0 Å². The van der Waals surface area contributed by atoms with Crippen molar-refractivity contribution in [3.8, 4) is 11.3 Å². The molecular weight excluding hydrogens is 266 g/mol. The van der Waals surface area contributed by atoms with Gasteiger partial charge in [0.15, 0.2) is 6.20 Å². The van der Waals surface area contributed by atoms with Gasteiger partial charge in [0.2, 0.25) is 5.69 Å². The number of nitrogens with zero attached hydrogens (tertiary/aromatic N) is 1. The molecule has 1 heterocycles. The van der Waals surface area contributed by atoms with Crippen molar-refractivity contribution in [2.45, 2.75) is 39.7 Å². The Kier molecular flexibility index (Phi) is 2.72. The van der Waals surface area contributed by atoms with Crippen molar-refractivity contribution in [2.24, 2.45) is 0 Å². The summed E-state index contributed by atoms with van der Waals surface area (Å²) >= 11 is 0. The monoisotopic (exact) mass is 288 g/mol. The van der Waals surface area contributed by atoms with Gasteiger partial charge in [-0.3, -0.25) is 0 Å². The first kappa shape index (κ1) is 13.5. The van der Waals surface area contributed by atoms with Crippen LogP contribution in [0.3, 0.4) is 0 Å². The lowest BCUT2D eigenvalue weighted by Crippen LogP contribution is -2.38. The molecule has 0 atom stereocenters. The summed E-state index contributed by atoms with van der Waals surface area (Å²) in [5.74, 6) is 0. The van der Waals surface area contributed by atoms with Gasteiger partial charge in [-0.1, -0.05) is 50.2 Å². The topological polar surface area (TPSA) is 3.88 Å². The minimum absolute atomic E-state index is 0.0424. The normalized spacial score (nSPS) is 14.9. The van der Waals surface area contributed by atoms with E-state index in [4.69, 9.17) is 0 Å². The fraction of sp³-hybridized carbons (Fsp3) is 0.286. The maximum atomic E-state index is 2.40. The summed E-state index contributed by atoms with van der Waals surface area (Å²) in [6.45, 7) is 10.2. The molecule has 0 bridgehead atoms. The zero-order valence-corrected chi connectivity index (χ0v) is 13.8. The number of aromatic nitrogens is 1. The van der Waals surface area contributed by atoms with E-state index in [0.717, 1.165) is 6.54 Å². The maximum Gasteiger partial charge on any atom is 0.221 e. The van der Waals surface area contributed by atoms with Gasteiger partial charge in [-0.25, -0.2) is 0 Å². The molecule has 0 N–H and O–H groups in total. The van der Waals surface area contributed by atoms with Crippen LogP contribution < -0.4 is 4.57 Å². The van der Waals surface area contributed by atoms with Gasteiger partial charge in [-0.05, 0) is 35.9 Å². The number of pyridine rings is 1. The molecule has 22 heavy (non-hydrogen) atoms. The summed E-state index contributed by atoms with van der Waals surface area (Å²) in [6, 6.07) is 15.7. The molecule has 4 rings (SSSR count). The average Bonchev–Trinajstić information content (AvgIpc) is 2.52. The second-order valence-corrected chi connectivity index (χ2v) is 6.84. The standard InChI is InChI=1S/C21H22N/c1-5-22-13-12-15-9-7-11-17-19(15)20(22)18-14(2)8-6-10-16(18)21(17,3)4/h6-13H,5H2,1-4H3/q+1. The Hall–Kier alpha value is -2.15. The van der Waals surface area contributed by atoms with Crippen molar-refractivity contribution >= 4 is 10.8 Å². The molecular formula is C21H22N+. The predicted molar refractivity (Wildman–Crippen MR) is 92.1 cm³/mol. The van der Waals surface area contributed by atoms with E-state index >= 15 is 0 Å². The van der Waals surface area contributed by atoms with Gasteiger partial charge in [-0.2, -0.15) is 4.57 Å². The Morgan fingerprint density at radius 3 is 2.45 bits per heavy atom. The third-order valence-corrected chi connectivity index (χ3v) is 5.25. The molecule has 1 aliphatic carbocycles. The molecule has 3 aromatic rings. The summed E-state index contributed by atoms with van der Waals surface area (Å²) in [5.41, 5.74) is 7.12. The van der Waals surface area contributed by atoms with Crippen LogP contribution >= 0.6 is 0 Å². The smallest absolute Gasteiger partial charge is 0.198 e. The number of rotatable bonds is 1. The van der Waals surface area contributed by atoms with Crippen molar-refractivity contribution in [2.75, 3.05) is 0 Å². The summed E-state index contributed by atoms with van der Waals surface area (Å²) in [5, 5.41) is 2.78. The van der Waals surface area contributed by atoms with Gasteiger partial charge in [-0.15, -0.1) is 0 Å². The van der Waals surface area contributed by atoms with Crippen molar-refractivity contribution in [3.63, 3.8) is 0 Å². The Balaban J connectivity index is 2.31. The lowest BCUT2D eigenvalue weighted by Gasteiger charge is -2.34. The van der Waals surface area contributed by atoms with E-state index in [9.17, 15) is 0 Å². The molecule has 0 aliphatic heterocycles. The summed E-state index contributed by atoms with van der Waals surface area (Å²) in [6.07, 6.45) is 2.23. The largest absolute Gasteiger partial charge is 0.221 e. The number of fused-ring (bicyclic) bond motifs is 2. The Bertz CT molecular complexity index is 903. The molecule has 0 amide bonds. The highest BCUT2D eigenvalue weighted by Gasteiger charge is 2.38. The first-order valence-corrected chi connectivity index (χ1v) is 8.12. The molecule has 1 nitrogen and oxygen atoms in total. The lowest BCUT2D eigenvalue weighted by molar-refractivity contribution is -0.681. The third kappa shape index (κ3) is 1.57. The maximum absolute atomic E-state index is 2.40. The fourth-order valence-corrected chi connectivity index (χ4v) is 4.06. The molecule has 1 aromatic heterocycles. The molecule has 1 aliphatic rings. The molecule has 0 spiro atoms. The second kappa shape index (κ2) is 4.42. The highest BCUT2D eigenvalue weighted by molar-refractivity contribution is 6.00. The number of hydrogen-bond acceptors (Lipinski definition) is 0. The van der Waals surface area contributed by atoms with E-state index < -0.39 is 0 Å². The third-order valence-electron chi connectivity index (χ3n) is 5.25. The first-order valence-electron chi connectivity index (χ1n) is 8.12. The van der Waals surface area contributed by atoms with Gasteiger partial charge in [0, 0.05) is 11.5 Å². The van der Waals surface area contributed by atoms with E-state index in [-0.39, 0.29) is 5.41 Å². The molecule has 0 fully saturated rings. The number of aryl methyl sites for hydroxylation is 2. The molecule has 2 aromatic carbocycles. The molecule has 0 unspecified atom stereocenters. The van der Waals surface area contributed by atoms with Crippen molar-refractivity contribution < 1.29 is 4.57 Å². The molecule has 0 saturated heterocycles. The minimum Gasteiger partial charge on any atom is -0.198 e. The fourth-order valence-electron chi connectivity index (χ4n) is 4.06. The number of benzene rings is 2. The van der Waals surface area contributed by atoms with Gasteiger partial charge in [0.1, 0.15) is 6.54 Å². The predicted octanol–water partition coefficient (Wildman–Crippen LogP) is 4.76. The van der Waals surface area contributed by atoms with Gasteiger partial charge >= 0.3 is 0 Å². The van der Waals surface area contributed by atoms with E-state index in [1.807, 2.05) is 0 Å². The van der Waals surface area contributed by atoms with Crippen LogP contribution in [0.4, 0.5) is 0 Å². The Labute approximate surface area is 132 Å². The van der Waals surface area contributed by atoms with Crippen LogP contribution in [0.15, 0.2) is 48.7 Å². The SMILES string of the molecule is CC[n+]1ccc2cccc3c2c1-c1c(C)cccc1C3(C)C. The highest BCUT2D eigenvalue weighted by atomic mass is 15.0. The minimum atomic E-state index is 0.0424. The van der Waals surface area contributed by atoms with E-state index in [1.54, 1.807) is 0 Å². The molecule has 1 heteroatoms. The second-order valence-electron chi connectivity index (χ2n) is 6.84. The van der Waals surface area contributed by atoms with Crippen LogP contribution in [0.5, 0.6) is 0 Å². The van der Waals surface area contributed by atoms with Crippen LogP contribution in [-0.2, 0) is 12.0 Å². The van der Waals surface area contributed by atoms with E-state index in [1.165, 1.54) is 38.7 Å². The highest BCUT2D eigenvalue weighted by Crippen LogP contribution is 2.48. The van der Waals surface area contributed by atoms with Crippen molar-refractivity contribution in [1.82, 2.24) is 0 Å². The zero-order chi connectivity index (χ0) is 15.5. The molecule has 0 saturated carbocycles. The van der Waals surface area contributed by atoms with Crippen LogP contribution in [0.25, 0.3) is 22.0 Å². The van der Waals surface area contributed by atoms with Gasteiger partial charge in [0.05, 0.1) is 10.9 Å². The van der Waals surface area contributed by atoms with Crippen LogP contribution in [0.2, 0.25) is 0 Å². The van der Waals surface area contributed by atoms with Crippen molar-refractivity contribution in [1.29, 1.82) is 0 Å². The average molecular weight is 288 g/mol. The van der Waals surface area contributed by atoms with Crippen LogP contribution in [-0.4, -0.2) is 0 Å². The van der Waals surface area contributed by atoms with Crippen LogP contribution in [0.1, 0.15) is 37.5 Å². The van der Waals surface area contributed by atoms with Gasteiger partial charge < -0.3 is 0 Å². The first-order chi connectivity index (χ1) is 10.6. The van der Waals surface area contributed by atoms with E-state index in [2.05, 4.69) is 80.9 Å². The number of hydrogen-bond donors (Lipinski definition) is 0.